The highest BCUT2D eigenvalue weighted by Gasteiger charge is 2.20. The zero-order chi connectivity index (χ0) is 18.0. The normalized spacial score (nSPS) is 17.0. The van der Waals surface area contributed by atoms with Crippen molar-refractivity contribution in [3.05, 3.63) is 62.0 Å². The van der Waals surface area contributed by atoms with Crippen molar-refractivity contribution in [2.45, 2.75) is 39.0 Å². The summed E-state index contributed by atoms with van der Waals surface area (Å²) >= 11 is 3.27. The summed E-state index contributed by atoms with van der Waals surface area (Å²) < 4.78 is 39.7. The van der Waals surface area contributed by atoms with E-state index in [2.05, 4.69) is 15.9 Å². The maximum Gasteiger partial charge on any atom is 0.268 e. The third kappa shape index (κ3) is 4.10. The number of pyridine rings is 1. The number of ether oxygens (including phenoxy) is 2. The summed E-state index contributed by atoms with van der Waals surface area (Å²) in [6, 6.07) is 5.02. The van der Waals surface area contributed by atoms with Crippen molar-refractivity contribution in [1.29, 1.82) is 0 Å². The van der Waals surface area contributed by atoms with Crippen LogP contribution in [0.25, 0.3) is 0 Å². The van der Waals surface area contributed by atoms with Crippen LogP contribution in [0.2, 0.25) is 0 Å². The van der Waals surface area contributed by atoms with Crippen LogP contribution in [0.1, 0.15) is 24.1 Å². The Morgan fingerprint density at radius 2 is 2.16 bits per heavy atom. The molecule has 1 fully saturated rings. The zero-order valence-corrected chi connectivity index (χ0v) is 15.3. The summed E-state index contributed by atoms with van der Waals surface area (Å²) in [6.45, 7) is 2.94. The SMILES string of the molecule is Cc1cc(OCc2ccc(F)cc2F)c(Br)c(=O)n1CC1CCCO1. The summed E-state index contributed by atoms with van der Waals surface area (Å²) in [5.74, 6) is -0.996. The molecule has 7 heteroatoms. The number of nitrogens with zero attached hydrogens (tertiary/aromatic N) is 1. The minimum Gasteiger partial charge on any atom is -0.487 e. The predicted octanol–water partition coefficient (Wildman–Crippen LogP) is 3.96. The van der Waals surface area contributed by atoms with Crippen LogP contribution >= 0.6 is 15.9 Å². The molecule has 0 N–H and O–H groups in total. The monoisotopic (exact) mass is 413 g/mol. The molecule has 0 radical (unpaired) electrons. The Balaban J connectivity index is 1.79. The molecule has 134 valence electrons. The first-order valence-electron chi connectivity index (χ1n) is 8.04. The van der Waals surface area contributed by atoms with Crippen LogP contribution in [-0.2, 0) is 17.9 Å². The molecule has 0 spiro atoms. The number of hydrogen-bond acceptors (Lipinski definition) is 3. The van der Waals surface area contributed by atoms with E-state index in [1.807, 2.05) is 6.92 Å². The maximum absolute atomic E-state index is 13.7. The summed E-state index contributed by atoms with van der Waals surface area (Å²) in [7, 11) is 0. The van der Waals surface area contributed by atoms with Gasteiger partial charge in [0.05, 0.1) is 12.6 Å². The molecule has 2 aromatic rings. The summed E-state index contributed by atoms with van der Waals surface area (Å²) in [5.41, 5.74) is 0.734. The van der Waals surface area contributed by atoms with Gasteiger partial charge >= 0.3 is 0 Å². The van der Waals surface area contributed by atoms with Gasteiger partial charge in [0, 0.05) is 30.0 Å². The highest BCUT2D eigenvalue weighted by atomic mass is 79.9. The van der Waals surface area contributed by atoms with Crippen molar-refractivity contribution in [1.82, 2.24) is 4.57 Å². The molecule has 0 amide bonds. The Morgan fingerprint density at radius 3 is 2.84 bits per heavy atom. The second kappa shape index (κ2) is 7.66. The van der Waals surface area contributed by atoms with Crippen LogP contribution in [0.15, 0.2) is 33.5 Å². The van der Waals surface area contributed by atoms with Gasteiger partial charge in [-0.25, -0.2) is 8.78 Å². The fourth-order valence-electron chi connectivity index (χ4n) is 2.83. The molecule has 1 aliphatic rings. The molecule has 0 aliphatic carbocycles. The van der Waals surface area contributed by atoms with Gasteiger partial charge in [-0.15, -0.1) is 0 Å². The van der Waals surface area contributed by atoms with Crippen molar-refractivity contribution in [2.75, 3.05) is 6.61 Å². The lowest BCUT2D eigenvalue weighted by Gasteiger charge is -2.17. The van der Waals surface area contributed by atoms with Crippen LogP contribution < -0.4 is 10.3 Å². The molecule has 4 nitrogen and oxygen atoms in total. The Hall–Kier alpha value is -1.73. The molecule has 1 atom stereocenters. The van der Waals surface area contributed by atoms with E-state index in [0.29, 0.717) is 12.3 Å². The van der Waals surface area contributed by atoms with Gasteiger partial charge in [-0.1, -0.05) is 0 Å². The van der Waals surface area contributed by atoms with Crippen LogP contribution in [0.3, 0.4) is 0 Å². The van der Waals surface area contributed by atoms with Crippen molar-refractivity contribution in [3.8, 4) is 5.75 Å². The van der Waals surface area contributed by atoms with Gasteiger partial charge in [-0.2, -0.15) is 0 Å². The quantitative estimate of drug-likeness (QED) is 0.744. The van der Waals surface area contributed by atoms with E-state index in [1.165, 1.54) is 12.1 Å². The number of halogens is 3. The molecule has 1 aliphatic heterocycles. The van der Waals surface area contributed by atoms with E-state index in [4.69, 9.17) is 9.47 Å². The molecular formula is C18H18BrF2NO3. The average Bonchev–Trinajstić information content (AvgIpc) is 3.08. The first-order valence-corrected chi connectivity index (χ1v) is 8.83. The zero-order valence-electron chi connectivity index (χ0n) is 13.7. The maximum atomic E-state index is 13.7. The minimum absolute atomic E-state index is 0.0448. The highest BCUT2D eigenvalue weighted by Crippen LogP contribution is 2.25. The van der Waals surface area contributed by atoms with Crippen molar-refractivity contribution < 1.29 is 18.3 Å². The number of rotatable bonds is 5. The Labute approximate surface area is 152 Å². The van der Waals surface area contributed by atoms with Crippen LogP contribution in [0, 0.1) is 18.6 Å². The van der Waals surface area contributed by atoms with E-state index in [1.54, 1.807) is 10.6 Å². The first kappa shape index (κ1) is 18.1. The molecule has 3 rings (SSSR count). The van der Waals surface area contributed by atoms with Gasteiger partial charge < -0.3 is 14.0 Å². The van der Waals surface area contributed by atoms with E-state index < -0.39 is 11.6 Å². The Bertz CT molecular complexity index is 832. The van der Waals surface area contributed by atoms with E-state index in [0.717, 1.165) is 31.2 Å². The lowest BCUT2D eigenvalue weighted by atomic mass is 10.2. The lowest BCUT2D eigenvalue weighted by Crippen LogP contribution is -2.29. The molecular weight excluding hydrogens is 396 g/mol. The second-order valence-electron chi connectivity index (χ2n) is 6.04. The van der Waals surface area contributed by atoms with E-state index >= 15 is 0 Å². The van der Waals surface area contributed by atoms with Gasteiger partial charge in [-0.3, -0.25) is 4.79 Å². The number of hydrogen-bond donors (Lipinski definition) is 0. The standard InChI is InChI=1S/C18H18BrF2NO3/c1-11-7-16(25-10-12-4-5-13(20)8-15(12)21)17(19)18(23)22(11)9-14-3-2-6-24-14/h4-5,7-8,14H,2-3,6,9-10H2,1H3. The fourth-order valence-corrected chi connectivity index (χ4v) is 3.28. The van der Waals surface area contributed by atoms with Crippen molar-refractivity contribution >= 4 is 15.9 Å². The van der Waals surface area contributed by atoms with Crippen LogP contribution in [0.4, 0.5) is 8.78 Å². The molecule has 1 saturated heterocycles. The topological polar surface area (TPSA) is 40.5 Å². The van der Waals surface area contributed by atoms with E-state index in [-0.39, 0.29) is 28.3 Å². The summed E-state index contributed by atoms with van der Waals surface area (Å²) in [4.78, 5) is 12.6. The minimum atomic E-state index is -0.681. The smallest absolute Gasteiger partial charge is 0.268 e. The number of aryl methyl sites for hydroxylation is 1. The third-order valence-electron chi connectivity index (χ3n) is 4.22. The van der Waals surface area contributed by atoms with Crippen LogP contribution in [0.5, 0.6) is 5.75 Å². The summed E-state index contributed by atoms with van der Waals surface area (Å²) in [5, 5.41) is 0. The molecule has 1 unspecified atom stereocenters. The van der Waals surface area contributed by atoms with Gasteiger partial charge in [0.25, 0.3) is 5.56 Å². The average molecular weight is 414 g/mol. The lowest BCUT2D eigenvalue weighted by molar-refractivity contribution is 0.0955. The van der Waals surface area contributed by atoms with Crippen molar-refractivity contribution in [3.63, 3.8) is 0 Å². The Kier molecular flexibility index (Phi) is 5.54. The number of benzene rings is 1. The molecule has 1 aromatic carbocycles. The van der Waals surface area contributed by atoms with Crippen molar-refractivity contribution in [2.24, 2.45) is 0 Å². The largest absolute Gasteiger partial charge is 0.487 e. The molecule has 2 heterocycles. The highest BCUT2D eigenvalue weighted by molar-refractivity contribution is 9.10. The molecule has 0 bridgehead atoms. The first-order chi connectivity index (χ1) is 12.0. The Morgan fingerprint density at radius 1 is 1.36 bits per heavy atom. The van der Waals surface area contributed by atoms with Gasteiger partial charge in [0.2, 0.25) is 0 Å². The second-order valence-corrected chi connectivity index (χ2v) is 6.83. The third-order valence-corrected chi connectivity index (χ3v) is 4.95. The fraction of sp³-hybridized carbons (Fsp3) is 0.389. The van der Waals surface area contributed by atoms with Crippen LogP contribution in [-0.4, -0.2) is 17.3 Å². The number of aromatic nitrogens is 1. The van der Waals surface area contributed by atoms with E-state index in [9.17, 15) is 13.6 Å². The molecule has 1 aromatic heterocycles. The predicted molar refractivity (Wildman–Crippen MR) is 92.8 cm³/mol. The molecule has 0 saturated carbocycles. The molecule has 25 heavy (non-hydrogen) atoms. The summed E-state index contributed by atoms with van der Waals surface area (Å²) in [6.07, 6.45) is 1.98. The van der Waals surface area contributed by atoms with Gasteiger partial charge in [0.15, 0.2) is 0 Å². The van der Waals surface area contributed by atoms with Gasteiger partial charge in [-0.05, 0) is 47.8 Å². The van der Waals surface area contributed by atoms with Gasteiger partial charge in [0.1, 0.15) is 28.5 Å².